The molecular formula is C14H14N6O2. The number of nitrogens with one attached hydrogen (secondary N) is 2. The summed E-state index contributed by atoms with van der Waals surface area (Å²) >= 11 is 0. The lowest BCUT2D eigenvalue weighted by molar-refractivity contribution is 0.254. The van der Waals surface area contributed by atoms with Crippen molar-refractivity contribution in [3.63, 3.8) is 0 Å². The van der Waals surface area contributed by atoms with Gasteiger partial charge in [0.1, 0.15) is 12.4 Å². The molecule has 3 aromatic rings. The van der Waals surface area contributed by atoms with E-state index in [0.29, 0.717) is 23.8 Å². The Kier molecular flexibility index (Phi) is 3.82. The van der Waals surface area contributed by atoms with Crippen molar-refractivity contribution in [1.82, 2.24) is 24.9 Å². The van der Waals surface area contributed by atoms with Gasteiger partial charge in [-0.15, -0.1) is 0 Å². The van der Waals surface area contributed by atoms with Gasteiger partial charge in [0.05, 0.1) is 18.1 Å². The van der Waals surface area contributed by atoms with Gasteiger partial charge in [-0.2, -0.15) is 5.10 Å². The van der Waals surface area contributed by atoms with Gasteiger partial charge in [-0.05, 0) is 24.3 Å². The summed E-state index contributed by atoms with van der Waals surface area (Å²) in [6, 6.07) is 6.93. The van der Waals surface area contributed by atoms with Crippen molar-refractivity contribution in [3.8, 4) is 5.75 Å². The largest absolute Gasteiger partial charge is 0.486 e. The van der Waals surface area contributed by atoms with E-state index in [1.54, 1.807) is 29.2 Å². The predicted octanol–water partition coefficient (Wildman–Crippen LogP) is 1.45. The number of ether oxygens (including phenoxy) is 1. The number of pyridine rings is 1. The summed E-state index contributed by atoms with van der Waals surface area (Å²) in [5.41, 5.74) is 1.37. The van der Waals surface area contributed by atoms with Crippen LogP contribution in [-0.2, 0) is 6.61 Å². The molecule has 3 heterocycles. The summed E-state index contributed by atoms with van der Waals surface area (Å²) in [5, 5.41) is 9.44. The molecule has 2 N–H and O–H groups in total. The van der Waals surface area contributed by atoms with Crippen LogP contribution in [0.2, 0.25) is 0 Å². The van der Waals surface area contributed by atoms with Crippen LogP contribution in [0.4, 0.5) is 10.6 Å². The molecule has 0 aliphatic rings. The average Bonchev–Trinajstić information content (AvgIpc) is 2.95. The maximum atomic E-state index is 11.3. The first kappa shape index (κ1) is 13.8. The lowest BCUT2D eigenvalue weighted by Crippen LogP contribution is -2.24. The van der Waals surface area contributed by atoms with Crippen LogP contribution in [0.5, 0.6) is 5.75 Å². The number of urea groups is 1. The molecule has 0 aliphatic carbocycles. The highest BCUT2D eigenvalue weighted by atomic mass is 16.5. The molecule has 0 saturated heterocycles. The third kappa shape index (κ3) is 3.11. The van der Waals surface area contributed by atoms with Crippen LogP contribution in [0.1, 0.15) is 5.69 Å². The molecule has 112 valence electrons. The molecule has 0 spiro atoms. The zero-order valence-electron chi connectivity index (χ0n) is 11.9. The van der Waals surface area contributed by atoms with E-state index >= 15 is 0 Å². The number of anilines is 1. The number of carbonyl (C=O) groups is 1. The molecule has 0 aliphatic heterocycles. The van der Waals surface area contributed by atoms with Gasteiger partial charge in [-0.1, -0.05) is 0 Å². The number of rotatable bonds is 4. The molecule has 2 amide bonds. The predicted molar refractivity (Wildman–Crippen MR) is 79.6 cm³/mol. The maximum Gasteiger partial charge on any atom is 0.320 e. The van der Waals surface area contributed by atoms with Gasteiger partial charge in [0.2, 0.25) is 0 Å². The van der Waals surface area contributed by atoms with Gasteiger partial charge in [-0.25, -0.2) is 14.3 Å². The van der Waals surface area contributed by atoms with Crippen molar-refractivity contribution in [2.75, 3.05) is 12.4 Å². The highest BCUT2D eigenvalue weighted by Gasteiger charge is 2.06. The molecule has 3 aromatic heterocycles. The van der Waals surface area contributed by atoms with Gasteiger partial charge in [0.25, 0.3) is 0 Å². The molecule has 22 heavy (non-hydrogen) atoms. The molecule has 0 unspecified atom stereocenters. The Morgan fingerprint density at radius 3 is 3.05 bits per heavy atom. The van der Waals surface area contributed by atoms with Gasteiger partial charge >= 0.3 is 6.03 Å². The lowest BCUT2D eigenvalue weighted by Gasteiger charge is -2.04. The fraction of sp³-hybridized carbons (Fsp3) is 0.143. The van der Waals surface area contributed by atoms with E-state index in [1.165, 1.54) is 7.05 Å². The van der Waals surface area contributed by atoms with Crippen molar-refractivity contribution < 1.29 is 9.53 Å². The van der Waals surface area contributed by atoms with Crippen LogP contribution in [-0.4, -0.2) is 32.7 Å². The van der Waals surface area contributed by atoms with E-state index in [4.69, 9.17) is 4.74 Å². The second-order valence-corrected chi connectivity index (χ2v) is 4.44. The first-order valence-electron chi connectivity index (χ1n) is 6.61. The normalized spacial score (nSPS) is 10.4. The second kappa shape index (κ2) is 6.08. The third-order valence-electron chi connectivity index (χ3n) is 2.87. The van der Waals surface area contributed by atoms with Crippen molar-refractivity contribution in [1.29, 1.82) is 0 Å². The Labute approximate surface area is 126 Å². The molecule has 0 bridgehead atoms. The van der Waals surface area contributed by atoms with Crippen LogP contribution >= 0.6 is 0 Å². The van der Waals surface area contributed by atoms with E-state index in [0.717, 1.165) is 5.69 Å². The monoisotopic (exact) mass is 298 g/mol. The number of hydrogen-bond donors (Lipinski definition) is 2. The zero-order chi connectivity index (χ0) is 15.4. The van der Waals surface area contributed by atoms with Gasteiger partial charge in [0, 0.05) is 13.2 Å². The smallest absolute Gasteiger partial charge is 0.320 e. The number of hydrogen-bond acceptors (Lipinski definition) is 5. The van der Waals surface area contributed by atoms with Crippen LogP contribution < -0.4 is 15.4 Å². The van der Waals surface area contributed by atoms with Crippen molar-refractivity contribution in [2.24, 2.45) is 0 Å². The van der Waals surface area contributed by atoms with Gasteiger partial charge in [0.15, 0.2) is 11.5 Å². The van der Waals surface area contributed by atoms with Crippen LogP contribution in [0.3, 0.4) is 0 Å². The number of carbonyl (C=O) groups excluding carboxylic acids is 1. The molecule has 0 radical (unpaired) electrons. The fourth-order valence-corrected chi connectivity index (χ4v) is 1.83. The number of imidazole rings is 1. The summed E-state index contributed by atoms with van der Waals surface area (Å²) in [6.45, 7) is 0.317. The molecule has 8 heteroatoms. The molecule has 0 aromatic carbocycles. The average molecular weight is 298 g/mol. The van der Waals surface area contributed by atoms with Crippen molar-refractivity contribution in [3.05, 3.63) is 48.5 Å². The quantitative estimate of drug-likeness (QED) is 0.760. The van der Waals surface area contributed by atoms with Crippen molar-refractivity contribution in [2.45, 2.75) is 6.61 Å². The summed E-state index contributed by atoms with van der Waals surface area (Å²) in [7, 11) is 1.54. The number of nitrogens with zero attached hydrogens (tertiary/aromatic N) is 4. The summed E-state index contributed by atoms with van der Waals surface area (Å²) in [4.78, 5) is 19.5. The van der Waals surface area contributed by atoms with E-state index in [-0.39, 0.29) is 6.03 Å². The van der Waals surface area contributed by atoms with Gasteiger partial charge in [-0.3, -0.25) is 10.3 Å². The summed E-state index contributed by atoms with van der Waals surface area (Å²) in [5.74, 6) is 1.11. The topological polar surface area (TPSA) is 93.4 Å². The summed E-state index contributed by atoms with van der Waals surface area (Å²) in [6.07, 6.45) is 4.96. The molecular weight excluding hydrogens is 284 g/mol. The lowest BCUT2D eigenvalue weighted by atomic mass is 10.4. The minimum Gasteiger partial charge on any atom is -0.486 e. The molecule has 8 nitrogen and oxygen atoms in total. The number of aromatic nitrogens is 4. The third-order valence-corrected chi connectivity index (χ3v) is 2.87. The summed E-state index contributed by atoms with van der Waals surface area (Å²) < 4.78 is 7.18. The molecule has 0 fully saturated rings. The Morgan fingerprint density at radius 1 is 1.36 bits per heavy atom. The zero-order valence-corrected chi connectivity index (χ0v) is 11.9. The van der Waals surface area contributed by atoms with E-state index in [9.17, 15) is 4.79 Å². The Morgan fingerprint density at radius 2 is 2.27 bits per heavy atom. The van der Waals surface area contributed by atoms with E-state index < -0.39 is 0 Å². The molecule has 0 atom stereocenters. The minimum atomic E-state index is -0.330. The SMILES string of the molecule is CNC(=O)Nc1cn2nc(COc3cccnc3)ccc2n1. The van der Waals surface area contributed by atoms with Crippen LogP contribution in [0.15, 0.2) is 42.9 Å². The molecule has 3 rings (SSSR count). The number of amides is 2. The molecule has 0 saturated carbocycles. The highest BCUT2D eigenvalue weighted by Crippen LogP contribution is 2.11. The second-order valence-electron chi connectivity index (χ2n) is 4.44. The number of fused-ring (bicyclic) bond motifs is 1. The first-order valence-corrected chi connectivity index (χ1v) is 6.61. The first-order chi connectivity index (χ1) is 10.7. The van der Waals surface area contributed by atoms with Crippen LogP contribution in [0, 0.1) is 0 Å². The highest BCUT2D eigenvalue weighted by molar-refractivity contribution is 5.88. The van der Waals surface area contributed by atoms with Crippen molar-refractivity contribution >= 4 is 17.5 Å². The Hall–Kier alpha value is -3.16. The standard InChI is InChI=1S/C14H14N6O2/c1-15-14(21)18-12-8-20-13(17-12)5-4-10(19-20)9-22-11-3-2-6-16-7-11/h2-8H,9H2,1H3,(H2,15,18,21). The van der Waals surface area contributed by atoms with Gasteiger partial charge < -0.3 is 10.1 Å². The Balaban J connectivity index is 1.73. The fourth-order valence-electron chi connectivity index (χ4n) is 1.83. The van der Waals surface area contributed by atoms with E-state index in [1.807, 2.05) is 18.2 Å². The Bertz CT molecular complexity index is 786. The van der Waals surface area contributed by atoms with E-state index in [2.05, 4.69) is 25.7 Å². The minimum absolute atomic E-state index is 0.317. The maximum absolute atomic E-state index is 11.3. The van der Waals surface area contributed by atoms with Crippen LogP contribution in [0.25, 0.3) is 5.65 Å².